The van der Waals surface area contributed by atoms with Gasteiger partial charge in [-0.05, 0) is 43.7 Å². The van der Waals surface area contributed by atoms with Crippen LogP contribution in [0.15, 0.2) is 30.3 Å². The monoisotopic (exact) mass is 293 g/mol. The molecule has 0 spiro atoms. The number of hydrogen-bond acceptors (Lipinski definition) is 3. The molecule has 0 saturated heterocycles. The van der Waals surface area contributed by atoms with E-state index in [1.807, 2.05) is 19.2 Å². The molecule has 1 aromatic heterocycles. The smallest absolute Gasteiger partial charge is 0.168 e. The van der Waals surface area contributed by atoms with E-state index >= 15 is 0 Å². The third-order valence-electron chi connectivity index (χ3n) is 3.41. The third-order valence-corrected chi connectivity index (χ3v) is 4.75. The quantitative estimate of drug-likeness (QED) is 0.870. The number of aryl methyl sites for hydroxylation is 1. The van der Waals surface area contributed by atoms with Crippen LogP contribution in [-0.2, 0) is 12.8 Å². The van der Waals surface area contributed by atoms with Gasteiger partial charge in [-0.2, -0.15) is 0 Å². The molecule has 0 radical (unpaired) electrons. The van der Waals surface area contributed by atoms with Gasteiger partial charge in [0.1, 0.15) is 0 Å². The molecule has 1 heterocycles. The highest BCUT2D eigenvalue weighted by atomic mass is 32.1. The first-order chi connectivity index (χ1) is 9.69. The van der Waals surface area contributed by atoms with Crippen LogP contribution in [0.5, 0.6) is 5.75 Å². The van der Waals surface area contributed by atoms with Gasteiger partial charge in [0.15, 0.2) is 11.6 Å². The summed E-state index contributed by atoms with van der Waals surface area (Å²) in [4.78, 5) is 2.60. The molecule has 0 aliphatic heterocycles. The van der Waals surface area contributed by atoms with Gasteiger partial charge in [0.2, 0.25) is 0 Å². The van der Waals surface area contributed by atoms with E-state index in [9.17, 15) is 4.39 Å². The van der Waals surface area contributed by atoms with Crippen LogP contribution in [-0.4, -0.2) is 14.2 Å². The topological polar surface area (TPSA) is 21.3 Å². The van der Waals surface area contributed by atoms with Gasteiger partial charge >= 0.3 is 0 Å². The fourth-order valence-corrected chi connectivity index (χ4v) is 3.27. The molecule has 0 fully saturated rings. The summed E-state index contributed by atoms with van der Waals surface area (Å²) < 4.78 is 19.2. The van der Waals surface area contributed by atoms with Crippen LogP contribution in [0, 0.1) is 5.82 Å². The van der Waals surface area contributed by atoms with Gasteiger partial charge in [0, 0.05) is 15.8 Å². The molecule has 1 unspecified atom stereocenters. The van der Waals surface area contributed by atoms with Crippen molar-refractivity contribution >= 4 is 11.3 Å². The van der Waals surface area contributed by atoms with Crippen LogP contribution in [0.4, 0.5) is 4.39 Å². The number of hydrogen-bond donors (Lipinski definition) is 1. The molecule has 1 N–H and O–H groups in total. The Bertz CT molecular complexity index is 567. The first-order valence-electron chi connectivity index (χ1n) is 6.76. The summed E-state index contributed by atoms with van der Waals surface area (Å²) in [5.41, 5.74) is 0.676. The van der Waals surface area contributed by atoms with Gasteiger partial charge in [-0.25, -0.2) is 4.39 Å². The Morgan fingerprint density at radius 1 is 1.30 bits per heavy atom. The van der Waals surface area contributed by atoms with Crippen molar-refractivity contribution < 1.29 is 9.13 Å². The normalized spacial score (nSPS) is 12.4. The lowest BCUT2D eigenvalue weighted by Gasteiger charge is -2.16. The minimum atomic E-state index is -0.262. The summed E-state index contributed by atoms with van der Waals surface area (Å²) in [5.74, 6) is 0.0419. The summed E-state index contributed by atoms with van der Waals surface area (Å²) in [6.07, 6.45) is 1.65. The van der Waals surface area contributed by atoms with Crippen LogP contribution in [0.2, 0.25) is 0 Å². The Labute approximate surface area is 123 Å². The van der Waals surface area contributed by atoms with E-state index in [1.54, 1.807) is 17.4 Å². The zero-order valence-electron chi connectivity index (χ0n) is 12.1. The van der Waals surface area contributed by atoms with Gasteiger partial charge < -0.3 is 10.1 Å². The number of methoxy groups -OCH3 is 1. The van der Waals surface area contributed by atoms with E-state index in [4.69, 9.17) is 4.74 Å². The van der Waals surface area contributed by atoms with E-state index in [2.05, 4.69) is 24.4 Å². The molecule has 1 aromatic carbocycles. The molecule has 108 valence electrons. The van der Waals surface area contributed by atoms with E-state index < -0.39 is 0 Å². The summed E-state index contributed by atoms with van der Waals surface area (Å²) in [6, 6.07) is 9.69. The maximum Gasteiger partial charge on any atom is 0.168 e. The zero-order chi connectivity index (χ0) is 14.5. The van der Waals surface area contributed by atoms with Gasteiger partial charge in [-0.15, -0.1) is 11.3 Å². The second-order valence-corrected chi connectivity index (χ2v) is 5.84. The van der Waals surface area contributed by atoms with E-state index in [0.717, 1.165) is 6.42 Å². The molecule has 2 rings (SSSR count). The Morgan fingerprint density at radius 2 is 2.10 bits per heavy atom. The van der Waals surface area contributed by atoms with Crippen molar-refractivity contribution in [1.29, 1.82) is 0 Å². The number of nitrogens with one attached hydrogen (secondary N) is 1. The molecule has 1 atom stereocenters. The Hall–Kier alpha value is -1.39. The molecule has 0 amide bonds. The van der Waals surface area contributed by atoms with E-state index in [1.165, 1.54) is 16.9 Å². The van der Waals surface area contributed by atoms with Crippen LogP contribution in [0.25, 0.3) is 0 Å². The largest absolute Gasteiger partial charge is 0.494 e. The maximum absolute atomic E-state index is 14.2. The Morgan fingerprint density at radius 3 is 2.70 bits per heavy atom. The lowest BCUT2D eigenvalue weighted by atomic mass is 10.0. The average molecular weight is 293 g/mol. The fourth-order valence-electron chi connectivity index (χ4n) is 2.21. The second-order valence-electron chi connectivity index (χ2n) is 4.64. The molecule has 0 bridgehead atoms. The average Bonchev–Trinajstić information content (AvgIpc) is 2.95. The van der Waals surface area contributed by atoms with Gasteiger partial charge in [0.25, 0.3) is 0 Å². The summed E-state index contributed by atoms with van der Waals surface area (Å²) in [5, 5.41) is 3.27. The Kier molecular flexibility index (Phi) is 5.15. The minimum absolute atomic E-state index is 0.127. The number of likely N-dealkylation sites (N-methyl/N-ethyl adjacent to an activating group) is 1. The van der Waals surface area contributed by atoms with Crippen molar-refractivity contribution in [3.8, 4) is 5.75 Å². The van der Waals surface area contributed by atoms with Crippen molar-refractivity contribution in [2.75, 3.05) is 14.2 Å². The lowest BCUT2D eigenvalue weighted by Crippen LogP contribution is -2.18. The fraction of sp³-hybridized carbons (Fsp3) is 0.375. The van der Waals surface area contributed by atoms with Crippen LogP contribution >= 0.6 is 11.3 Å². The van der Waals surface area contributed by atoms with Crippen LogP contribution in [0.3, 0.4) is 0 Å². The van der Waals surface area contributed by atoms with Crippen molar-refractivity contribution in [1.82, 2.24) is 5.32 Å². The summed E-state index contributed by atoms with van der Waals surface area (Å²) in [7, 11) is 3.40. The second kappa shape index (κ2) is 6.86. The molecule has 2 nitrogen and oxygen atoms in total. The van der Waals surface area contributed by atoms with Crippen molar-refractivity contribution in [3.63, 3.8) is 0 Å². The highest BCUT2D eigenvalue weighted by Crippen LogP contribution is 2.29. The molecule has 0 aliphatic rings. The highest BCUT2D eigenvalue weighted by Gasteiger charge is 2.16. The number of rotatable bonds is 6. The molecular weight excluding hydrogens is 273 g/mol. The predicted molar refractivity (Wildman–Crippen MR) is 82.2 cm³/mol. The molecule has 0 saturated carbocycles. The van der Waals surface area contributed by atoms with Crippen molar-refractivity contribution in [2.24, 2.45) is 0 Å². The van der Waals surface area contributed by atoms with Crippen LogP contribution in [0.1, 0.15) is 28.3 Å². The standard InChI is InChI=1S/C16H20FNOS/c1-4-12-8-9-15(20-12)13(18-2)10-11-6-5-7-14(19-3)16(11)17/h5-9,13,18H,4,10H2,1-3H3. The molecule has 20 heavy (non-hydrogen) atoms. The first kappa shape index (κ1) is 15.0. The van der Waals surface area contributed by atoms with E-state index in [0.29, 0.717) is 17.7 Å². The zero-order valence-corrected chi connectivity index (χ0v) is 12.9. The number of thiophene rings is 1. The minimum Gasteiger partial charge on any atom is -0.494 e. The summed E-state index contributed by atoms with van der Waals surface area (Å²) in [6.45, 7) is 2.14. The van der Waals surface area contributed by atoms with Gasteiger partial charge in [-0.3, -0.25) is 0 Å². The van der Waals surface area contributed by atoms with Gasteiger partial charge in [-0.1, -0.05) is 19.1 Å². The van der Waals surface area contributed by atoms with Crippen LogP contribution < -0.4 is 10.1 Å². The predicted octanol–water partition coefficient (Wildman–Crippen LogP) is 3.96. The lowest BCUT2D eigenvalue weighted by molar-refractivity contribution is 0.383. The third kappa shape index (κ3) is 3.19. The number of ether oxygens (including phenoxy) is 1. The first-order valence-corrected chi connectivity index (χ1v) is 7.58. The van der Waals surface area contributed by atoms with Crippen molar-refractivity contribution in [2.45, 2.75) is 25.8 Å². The Balaban J connectivity index is 2.22. The van der Waals surface area contributed by atoms with Crippen molar-refractivity contribution in [3.05, 3.63) is 51.5 Å². The summed E-state index contributed by atoms with van der Waals surface area (Å²) >= 11 is 1.78. The molecule has 4 heteroatoms. The maximum atomic E-state index is 14.2. The molecule has 2 aromatic rings. The highest BCUT2D eigenvalue weighted by molar-refractivity contribution is 7.12. The molecular formula is C16H20FNOS. The van der Waals surface area contributed by atoms with Gasteiger partial charge in [0.05, 0.1) is 7.11 Å². The van der Waals surface area contributed by atoms with E-state index in [-0.39, 0.29) is 11.9 Å². The number of halogens is 1. The SMILES string of the molecule is CCc1ccc(C(Cc2cccc(OC)c2F)NC)s1. The molecule has 0 aliphatic carbocycles. The number of benzene rings is 1.